The number of amides is 2. The molecule has 0 saturated carbocycles. The molecule has 0 fully saturated rings. The van der Waals surface area contributed by atoms with Crippen LogP contribution in [0.1, 0.15) is 37.0 Å². The number of hydrogen-bond acceptors (Lipinski definition) is 6. The Kier molecular flexibility index (Phi) is 6.50. The predicted molar refractivity (Wildman–Crippen MR) is 95.9 cm³/mol. The molecule has 8 nitrogen and oxygen atoms in total. The van der Waals surface area contributed by atoms with Crippen molar-refractivity contribution >= 4 is 12.0 Å². The van der Waals surface area contributed by atoms with Crippen LogP contribution in [0.25, 0.3) is 11.4 Å². The number of likely N-dealkylation sites (N-methyl/N-ethyl adjacent to an activating group) is 1. The zero-order valence-electron chi connectivity index (χ0n) is 16.3. The van der Waals surface area contributed by atoms with Crippen LogP contribution in [0.15, 0.2) is 28.8 Å². The van der Waals surface area contributed by atoms with Gasteiger partial charge in [0.1, 0.15) is 5.60 Å². The van der Waals surface area contributed by atoms with Crippen molar-refractivity contribution in [2.75, 3.05) is 20.1 Å². The highest BCUT2D eigenvalue weighted by molar-refractivity contribution is 5.95. The van der Waals surface area contributed by atoms with Crippen LogP contribution in [0.5, 0.6) is 0 Å². The number of benzene rings is 1. The molecule has 0 aliphatic heterocycles. The van der Waals surface area contributed by atoms with Gasteiger partial charge >= 0.3 is 18.2 Å². The Morgan fingerprint density at radius 3 is 2.52 bits per heavy atom. The predicted octanol–water partition coefficient (Wildman–Crippen LogP) is 3.35. The highest BCUT2D eigenvalue weighted by atomic mass is 19.4. The van der Waals surface area contributed by atoms with E-state index in [0.717, 1.165) is 0 Å². The maximum Gasteiger partial charge on any atom is 0.471 e. The van der Waals surface area contributed by atoms with Gasteiger partial charge in [0.15, 0.2) is 0 Å². The van der Waals surface area contributed by atoms with Crippen molar-refractivity contribution in [2.24, 2.45) is 0 Å². The molecule has 158 valence electrons. The van der Waals surface area contributed by atoms with Gasteiger partial charge in [0.2, 0.25) is 5.82 Å². The molecule has 0 radical (unpaired) electrons. The first-order valence-corrected chi connectivity index (χ1v) is 8.60. The lowest BCUT2D eigenvalue weighted by Crippen LogP contribution is -2.39. The minimum Gasteiger partial charge on any atom is -0.444 e. The number of ether oxygens (including phenoxy) is 1. The van der Waals surface area contributed by atoms with Gasteiger partial charge in [0, 0.05) is 31.3 Å². The van der Waals surface area contributed by atoms with Gasteiger partial charge in [0.25, 0.3) is 5.91 Å². The molecule has 2 amide bonds. The molecule has 1 aromatic heterocycles. The van der Waals surface area contributed by atoms with Crippen LogP contribution in [0.4, 0.5) is 18.0 Å². The van der Waals surface area contributed by atoms with Crippen LogP contribution < -0.4 is 5.32 Å². The molecule has 0 unspecified atom stereocenters. The van der Waals surface area contributed by atoms with Crippen molar-refractivity contribution in [2.45, 2.75) is 32.5 Å². The number of halogens is 3. The molecule has 1 N–H and O–H groups in total. The quantitative estimate of drug-likeness (QED) is 0.806. The fraction of sp³-hybridized carbons (Fsp3) is 0.444. The second kappa shape index (κ2) is 8.50. The first-order valence-electron chi connectivity index (χ1n) is 8.60. The maximum atomic E-state index is 12.6. The van der Waals surface area contributed by atoms with Crippen LogP contribution in [0.2, 0.25) is 0 Å². The third kappa shape index (κ3) is 6.47. The fourth-order valence-electron chi connectivity index (χ4n) is 2.13. The normalized spacial score (nSPS) is 11.8. The van der Waals surface area contributed by atoms with E-state index in [1.54, 1.807) is 20.8 Å². The maximum absolute atomic E-state index is 12.6. The SMILES string of the molecule is CN(CCNC(=O)c1cccc(-c2noc(C(F)(F)F)n2)c1)C(=O)OC(C)(C)C. The average molecular weight is 414 g/mol. The Morgan fingerprint density at radius 2 is 1.93 bits per heavy atom. The molecule has 2 rings (SSSR count). The molecule has 0 aliphatic carbocycles. The monoisotopic (exact) mass is 414 g/mol. The third-order valence-corrected chi connectivity index (χ3v) is 3.49. The highest BCUT2D eigenvalue weighted by Gasteiger charge is 2.38. The number of rotatable bonds is 5. The Balaban J connectivity index is 1.96. The zero-order chi connectivity index (χ0) is 21.8. The Hall–Kier alpha value is -3.11. The van der Waals surface area contributed by atoms with Crippen LogP contribution >= 0.6 is 0 Å². The van der Waals surface area contributed by atoms with Crippen molar-refractivity contribution in [1.29, 1.82) is 0 Å². The molecule has 0 spiro atoms. The standard InChI is InChI=1S/C18H21F3N4O4/c1-17(2,3)28-16(27)25(4)9-8-22-14(26)12-7-5-6-11(10-12)13-23-15(29-24-13)18(19,20)21/h5-7,10H,8-9H2,1-4H3,(H,22,26). The second-order valence-corrected chi connectivity index (χ2v) is 7.16. The number of nitrogens with zero attached hydrogens (tertiary/aromatic N) is 3. The Labute approximate surface area is 165 Å². The molecule has 0 saturated heterocycles. The van der Waals surface area contributed by atoms with Crippen LogP contribution in [-0.2, 0) is 10.9 Å². The van der Waals surface area contributed by atoms with Crippen molar-refractivity contribution in [1.82, 2.24) is 20.4 Å². The molecular weight excluding hydrogens is 393 g/mol. The summed E-state index contributed by atoms with van der Waals surface area (Å²) in [7, 11) is 1.54. The summed E-state index contributed by atoms with van der Waals surface area (Å²) < 4.78 is 47.1. The minimum absolute atomic E-state index is 0.152. The van der Waals surface area contributed by atoms with Gasteiger partial charge in [-0.25, -0.2) is 4.79 Å². The summed E-state index contributed by atoms with van der Waals surface area (Å²) in [6, 6.07) is 5.78. The molecule has 0 aliphatic rings. The van der Waals surface area contributed by atoms with Gasteiger partial charge in [-0.05, 0) is 32.9 Å². The van der Waals surface area contributed by atoms with Gasteiger partial charge in [0.05, 0.1) is 0 Å². The second-order valence-electron chi connectivity index (χ2n) is 7.16. The lowest BCUT2D eigenvalue weighted by Gasteiger charge is -2.24. The van der Waals surface area contributed by atoms with Crippen molar-refractivity contribution in [3.63, 3.8) is 0 Å². The van der Waals surface area contributed by atoms with Crippen LogP contribution in [-0.4, -0.2) is 52.8 Å². The summed E-state index contributed by atoms with van der Waals surface area (Å²) in [5.41, 5.74) is -0.237. The molecular formula is C18H21F3N4O4. The summed E-state index contributed by atoms with van der Waals surface area (Å²) in [4.78, 5) is 28.8. The third-order valence-electron chi connectivity index (χ3n) is 3.49. The van der Waals surface area contributed by atoms with E-state index in [9.17, 15) is 22.8 Å². The van der Waals surface area contributed by atoms with Gasteiger partial charge in [-0.1, -0.05) is 17.3 Å². The first kappa shape index (κ1) is 22.2. The van der Waals surface area contributed by atoms with Crippen LogP contribution in [0, 0.1) is 0 Å². The molecule has 2 aromatic rings. The fourth-order valence-corrected chi connectivity index (χ4v) is 2.13. The minimum atomic E-state index is -4.75. The summed E-state index contributed by atoms with van der Waals surface area (Å²) in [6.07, 6.45) is -5.27. The lowest BCUT2D eigenvalue weighted by atomic mass is 10.1. The highest BCUT2D eigenvalue weighted by Crippen LogP contribution is 2.29. The smallest absolute Gasteiger partial charge is 0.444 e. The average Bonchev–Trinajstić information content (AvgIpc) is 3.10. The molecule has 1 heterocycles. The first-order chi connectivity index (χ1) is 13.4. The van der Waals surface area contributed by atoms with Gasteiger partial charge in [-0.2, -0.15) is 18.2 Å². The number of hydrogen-bond donors (Lipinski definition) is 1. The number of aromatic nitrogens is 2. The van der Waals surface area contributed by atoms with E-state index < -0.39 is 29.7 Å². The van der Waals surface area contributed by atoms with E-state index in [1.807, 2.05) is 0 Å². The zero-order valence-corrected chi connectivity index (χ0v) is 16.3. The Morgan fingerprint density at radius 1 is 1.24 bits per heavy atom. The van der Waals surface area contributed by atoms with Gasteiger partial charge in [-0.15, -0.1) is 0 Å². The van der Waals surface area contributed by atoms with Gasteiger partial charge < -0.3 is 19.5 Å². The van der Waals surface area contributed by atoms with Crippen molar-refractivity contribution < 1.29 is 32.0 Å². The molecule has 1 aromatic carbocycles. The van der Waals surface area contributed by atoms with E-state index >= 15 is 0 Å². The number of alkyl halides is 3. The largest absolute Gasteiger partial charge is 0.471 e. The summed E-state index contributed by atoms with van der Waals surface area (Å²) in [6.45, 7) is 5.60. The van der Waals surface area contributed by atoms with Gasteiger partial charge in [-0.3, -0.25) is 4.79 Å². The summed E-state index contributed by atoms with van der Waals surface area (Å²) >= 11 is 0. The summed E-state index contributed by atoms with van der Waals surface area (Å²) in [5, 5.41) is 5.91. The lowest BCUT2D eigenvalue weighted by molar-refractivity contribution is -0.159. The van der Waals surface area contributed by atoms with Crippen molar-refractivity contribution in [3.8, 4) is 11.4 Å². The molecule has 0 bridgehead atoms. The number of carbonyl (C=O) groups is 2. The van der Waals surface area contributed by atoms with E-state index in [2.05, 4.69) is 20.0 Å². The number of nitrogens with one attached hydrogen (secondary N) is 1. The van der Waals surface area contributed by atoms with Crippen LogP contribution in [0.3, 0.4) is 0 Å². The van der Waals surface area contributed by atoms with E-state index in [0.29, 0.717) is 0 Å². The van der Waals surface area contributed by atoms with E-state index in [4.69, 9.17) is 4.74 Å². The van der Waals surface area contributed by atoms with E-state index in [1.165, 1.54) is 36.2 Å². The van der Waals surface area contributed by atoms with Crippen molar-refractivity contribution in [3.05, 3.63) is 35.7 Å². The molecule has 0 atom stereocenters. The van der Waals surface area contributed by atoms with E-state index in [-0.39, 0.29) is 30.0 Å². The summed E-state index contributed by atoms with van der Waals surface area (Å²) in [5.74, 6) is -2.21. The molecule has 29 heavy (non-hydrogen) atoms. The Bertz CT molecular complexity index is 874. The number of carbonyl (C=O) groups excluding carboxylic acids is 2. The topological polar surface area (TPSA) is 97.6 Å². The molecule has 11 heteroatoms.